The summed E-state index contributed by atoms with van der Waals surface area (Å²) in [6.07, 6.45) is 0.0228. The first-order valence-corrected chi connectivity index (χ1v) is 7.43. The lowest BCUT2D eigenvalue weighted by atomic mass is 10.3. The zero-order valence-electron chi connectivity index (χ0n) is 13.7. The number of hydrogen-bond acceptors (Lipinski definition) is 4. The number of halogens is 3. The van der Waals surface area contributed by atoms with Gasteiger partial charge in [0.05, 0.1) is 12.2 Å². The van der Waals surface area contributed by atoms with Crippen LogP contribution >= 0.6 is 0 Å². The summed E-state index contributed by atoms with van der Waals surface area (Å²) in [7, 11) is 0. The first-order chi connectivity index (χ1) is 12.3. The van der Waals surface area contributed by atoms with Crippen molar-refractivity contribution in [1.82, 2.24) is 4.57 Å². The summed E-state index contributed by atoms with van der Waals surface area (Å²) in [4.78, 5) is 16.1. The Morgan fingerprint density at radius 2 is 1.96 bits per heavy atom. The number of pyridine rings is 1. The number of rotatable bonds is 7. The fourth-order valence-electron chi connectivity index (χ4n) is 2.11. The summed E-state index contributed by atoms with van der Waals surface area (Å²) in [5.74, 6) is -0.356. The van der Waals surface area contributed by atoms with Crippen LogP contribution in [0.25, 0.3) is 5.69 Å². The van der Waals surface area contributed by atoms with Crippen molar-refractivity contribution in [1.29, 1.82) is 0 Å². The van der Waals surface area contributed by atoms with E-state index in [9.17, 15) is 18.0 Å². The maximum absolute atomic E-state index is 12.2. The van der Waals surface area contributed by atoms with Gasteiger partial charge in [-0.15, -0.1) is 13.2 Å². The molecule has 0 aliphatic heterocycles. The van der Waals surface area contributed by atoms with Gasteiger partial charge in [-0.05, 0) is 43.1 Å². The Labute approximate surface area is 147 Å². The van der Waals surface area contributed by atoms with E-state index in [2.05, 4.69) is 28.3 Å². The highest BCUT2D eigenvalue weighted by Gasteiger charge is 2.30. The number of allylic oxidation sites excluding steroid dienone is 2. The average Bonchev–Trinajstić information content (AvgIpc) is 2.58. The van der Waals surface area contributed by atoms with E-state index in [1.54, 1.807) is 18.2 Å². The second kappa shape index (κ2) is 8.19. The number of aliphatic imine (C=N–C) groups is 1. The Bertz CT molecular complexity index is 868. The van der Waals surface area contributed by atoms with Crippen LogP contribution in [-0.4, -0.2) is 24.2 Å². The lowest BCUT2D eigenvalue weighted by Crippen LogP contribution is -2.18. The zero-order valence-corrected chi connectivity index (χ0v) is 13.7. The van der Waals surface area contributed by atoms with Gasteiger partial charge in [-0.2, -0.15) is 0 Å². The zero-order chi connectivity index (χ0) is 19.2. The molecule has 0 radical (unpaired) electrons. The molecule has 0 bridgehead atoms. The van der Waals surface area contributed by atoms with Crippen molar-refractivity contribution in [3.63, 3.8) is 0 Å². The molecule has 0 aliphatic carbocycles. The van der Waals surface area contributed by atoms with Crippen molar-refractivity contribution >= 4 is 12.4 Å². The van der Waals surface area contributed by atoms with Crippen molar-refractivity contribution in [3.05, 3.63) is 77.4 Å². The number of hydrogen-bond donors (Lipinski definition) is 1. The van der Waals surface area contributed by atoms with Gasteiger partial charge in [0.15, 0.2) is 0 Å². The van der Waals surface area contributed by atoms with E-state index in [0.29, 0.717) is 23.6 Å². The van der Waals surface area contributed by atoms with Gasteiger partial charge < -0.3 is 10.1 Å². The van der Waals surface area contributed by atoms with Crippen LogP contribution in [0.15, 0.2) is 76.8 Å². The van der Waals surface area contributed by atoms with E-state index in [1.165, 1.54) is 29.0 Å². The maximum atomic E-state index is 12.2. The molecule has 0 atom stereocenters. The van der Waals surface area contributed by atoms with Gasteiger partial charge in [-0.25, -0.2) is 0 Å². The number of anilines is 1. The van der Waals surface area contributed by atoms with E-state index < -0.39 is 6.36 Å². The fourth-order valence-corrected chi connectivity index (χ4v) is 2.11. The number of nitrogens with one attached hydrogen (secondary N) is 1. The van der Waals surface area contributed by atoms with E-state index >= 15 is 0 Å². The number of alkyl halides is 3. The predicted molar refractivity (Wildman–Crippen MR) is 95.0 cm³/mol. The number of benzene rings is 1. The number of ether oxygens (including phenoxy) is 1. The van der Waals surface area contributed by atoms with Crippen LogP contribution in [0.3, 0.4) is 0 Å². The highest BCUT2D eigenvalue weighted by atomic mass is 19.4. The third kappa shape index (κ3) is 5.37. The molecule has 136 valence electrons. The SMILES string of the molecule is C=C/C=C(/CNc1ccn(-c2ccc(OC(F)(F)F)cc2)c(=O)c1)N=C. The van der Waals surface area contributed by atoms with Gasteiger partial charge in [0, 0.05) is 23.6 Å². The minimum atomic E-state index is -4.76. The Morgan fingerprint density at radius 3 is 2.50 bits per heavy atom. The molecular formula is C18H16F3N3O2. The summed E-state index contributed by atoms with van der Waals surface area (Å²) in [5, 5.41) is 3.03. The predicted octanol–water partition coefficient (Wildman–Crippen LogP) is 3.92. The van der Waals surface area contributed by atoms with Gasteiger partial charge in [0.25, 0.3) is 5.56 Å². The molecule has 1 heterocycles. The van der Waals surface area contributed by atoms with Crippen molar-refractivity contribution in [2.24, 2.45) is 4.99 Å². The van der Waals surface area contributed by atoms with Crippen molar-refractivity contribution in [2.75, 3.05) is 11.9 Å². The Balaban J connectivity index is 2.14. The Hall–Kier alpha value is -3.29. The molecular weight excluding hydrogens is 347 g/mol. The van der Waals surface area contributed by atoms with Gasteiger partial charge in [0.1, 0.15) is 5.75 Å². The van der Waals surface area contributed by atoms with Crippen LogP contribution in [0.4, 0.5) is 18.9 Å². The monoisotopic (exact) mass is 363 g/mol. The van der Waals surface area contributed by atoms with E-state index in [1.807, 2.05) is 0 Å². The van der Waals surface area contributed by atoms with Gasteiger partial charge in [-0.3, -0.25) is 14.4 Å². The maximum Gasteiger partial charge on any atom is 0.573 e. The summed E-state index contributed by atoms with van der Waals surface area (Å²) < 4.78 is 41.6. The minimum Gasteiger partial charge on any atom is -0.406 e. The van der Waals surface area contributed by atoms with Crippen LogP contribution in [0.1, 0.15) is 0 Å². The minimum absolute atomic E-state index is 0.347. The molecule has 0 spiro atoms. The molecule has 0 saturated heterocycles. The standard InChI is InChI=1S/C18H16F3N3O2/c1-3-4-14(22-2)12-23-13-9-10-24(17(25)11-13)15-5-7-16(8-6-15)26-18(19,20)21/h3-11,23H,1-2,12H2/b14-4-. The molecule has 0 unspecified atom stereocenters. The second-order valence-corrected chi connectivity index (χ2v) is 5.07. The summed E-state index contributed by atoms with van der Waals surface area (Å²) in [6.45, 7) is 7.38. The third-order valence-electron chi connectivity index (χ3n) is 3.26. The van der Waals surface area contributed by atoms with Crippen LogP contribution in [0.5, 0.6) is 5.75 Å². The first-order valence-electron chi connectivity index (χ1n) is 7.43. The van der Waals surface area contributed by atoms with Crippen LogP contribution in [0, 0.1) is 0 Å². The molecule has 1 aromatic carbocycles. The van der Waals surface area contributed by atoms with Gasteiger partial charge >= 0.3 is 6.36 Å². The Kier molecular flexibility index (Phi) is 6.00. The van der Waals surface area contributed by atoms with Crippen molar-refractivity contribution < 1.29 is 17.9 Å². The molecule has 0 aliphatic rings. The van der Waals surface area contributed by atoms with Crippen LogP contribution in [0.2, 0.25) is 0 Å². The highest BCUT2D eigenvalue weighted by molar-refractivity contribution is 5.46. The topological polar surface area (TPSA) is 55.6 Å². The lowest BCUT2D eigenvalue weighted by molar-refractivity contribution is -0.274. The molecule has 26 heavy (non-hydrogen) atoms. The quantitative estimate of drug-likeness (QED) is 0.599. The fraction of sp³-hybridized carbons (Fsp3) is 0.111. The molecule has 8 heteroatoms. The summed E-state index contributed by atoms with van der Waals surface area (Å²) in [5.41, 5.74) is 1.29. The molecule has 2 rings (SSSR count). The lowest BCUT2D eigenvalue weighted by Gasteiger charge is -2.11. The van der Waals surface area contributed by atoms with Crippen LogP contribution in [-0.2, 0) is 0 Å². The molecule has 5 nitrogen and oxygen atoms in total. The normalized spacial score (nSPS) is 11.7. The first kappa shape index (κ1) is 19.0. The Morgan fingerprint density at radius 1 is 1.27 bits per heavy atom. The number of aromatic nitrogens is 1. The second-order valence-electron chi connectivity index (χ2n) is 5.07. The van der Waals surface area contributed by atoms with Gasteiger partial charge in [0.2, 0.25) is 0 Å². The molecule has 0 saturated carbocycles. The van der Waals surface area contributed by atoms with Crippen molar-refractivity contribution in [3.8, 4) is 11.4 Å². The molecule has 0 amide bonds. The van der Waals surface area contributed by atoms with Crippen LogP contribution < -0.4 is 15.6 Å². The van der Waals surface area contributed by atoms with Gasteiger partial charge in [-0.1, -0.05) is 12.7 Å². The van der Waals surface area contributed by atoms with E-state index in [-0.39, 0.29) is 11.3 Å². The van der Waals surface area contributed by atoms with E-state index in [0.717, 1.165) is 12.1 Å². The largest absolute Gasteiger partial charge is 0.573 e. The molecule has 2 aromatic rings. The summed E-state index contributed by atoms with van der Waals surface area (Å²) >= 11 is 0. The molecule has 1 aromatic heterocycles. The average molecular weight is 363 g/mol. The smallest absolute Gasteiger partial charge is 0.406 e. The highest BCUT2D eigenvalue weighted by Crippen LogP contribution is 2.23. The molecule has 0 fully saturated rings. The third-order valence-corrected chi connectivity index (χ3v) is 3.26. The van der Waals surface area contributed by atoms with E-state index in [4.69, 9.17) is 0 Å². The number of nitrogens with zero attached hydrogens (tertiary/aromatic N) is 2. The molecule has 1 N–H and O–H groups in total. The van der Waals surface area contributed by atoms with Crippen molar-refractivity contribution in [2.45, 2.75) is 6.36 Å². The summed E-state index contributed by atoms with van der Waals surface area (Å²) in [6, 6.07) is 8.04.